The number of carbonyl (C=O) groups excluding carboxylic acids is 1. The first-order chi connectivity index (χ1) is 9.99. The molecule has 4 nitrogen and oxygen atoms in total. The van der Waals surface area contributed by atoms with E-state index in [1.165, 1.54) is 35.3 Å². The van der Waals surface area contributed by atoms with Crippen LogP contribution in [0, 0.1) is 5.82 Å². The van der Waals surface area contributed by atoms with Gasteiger partial charge < -0.3 is 10.0 Å². The van der Waals surface area contributed by atoms with Crippen LogP contribution in [0.25, 0.3) is 6.08 Å². The van der Waals surface area contributed by atoms with Gasteiger partial charge in [-0.1, -0.05) is 17.7 Å². The Bertz CT molecular complexity index is 564. The zero-order valence-electron chi connectivity index (χ0n) is 11.3. The van der Waals surface area contributed by atoms with E-state index in [4.69, 9.17) is 16.7 Å². The van der Waals surface area contributed by atoms with Crippen LogP contribution in [0.15, 0.2) is 24.3 Å². The van der Waals surface area contributed by atoms with Crippen molar-refractivity contribution in [3.8, 4) is 0 Å². The molecule has 1 N–H and O–H groups in total. The molecule has 2 rings (SSSR count). The molecule has 1 aliphatic carbocycles. The molecule has 6 heteroatoms. The molecule has 1 amide bonds. The van der Waals surface area contributed by atoms with Gasteiger partial charge in [-0.3, -0.25) is 9.59 Å². The first kappa shape index (κ1) is 15.5. The van der Waals surface area contributed by atoms with Crippen molar-refractivity contribution < 1.29 is 19.1 Å². The quantitative estimate of drug-likeness (QED) is 0.822. The topological polar surface area (TPSA) is 57.6 Å². The maximum atomic E-state index is 13.6. The Morgan fingerprint density at radius 2 is 2.14 bits per heavy atom. The number of nitrogens with zero attached hydrogens (tertiary/aromatic N) is 1. The first-order valence-corrected chi connectivity index (χ1v) is 7.01. The van der Waals surface area contributed by atoms with E-state index < -0.39 is 11.8 Å². The maximum absolute atomic E-state index is 13.6. The van der Waals surface area contributed by atoms with Gasteiger partial charge in [-0.25, -0.2) is 4.39 Å². The second-order valence-electron chi connectivity index (χ2n) is 4.88. The van der Waals surface area contributed by atoms with E-state index in [0.717, 1.165) is 12.8 Å². The molecule has 0 aliphatic heterocycles. The summed E-state index contributed by atoms with van der Waals surface area (Å²) in [5.41, 5.74) is 0.154. The van der Waals surface area contributed by atoms with Crippen molar-refractivity contribution >= 4 is 29.6 Å². The third-order valence-electron chi connectivity index (χ3n) is 3.23. The summed E-state index contributed by atoms with van der Waals surface area (Å²) in [6, 6.07) is 4.38. The fourth-order valence-electron chi connectivity index (χ4n) is 2.00. The van der Waals surface area contributed by atoms with Crippen molar-refractivity contribution in [2.45, 2.75) is 25.3 Å². The molecule has 0 radical (unpaired) electrons. The van der Waals surface area contributed by atoms with Gasteiger partial charge in [-0.2, -0.15) is 0 Å². The first-order valence-electron chi connectivity index (χ1n) is 6.63. The number of carboxylic acid groups (broad SMARTS) is 1. The molecule has 1 aromatic carbocycles. The van der Waals surface area contributed by atoms with E-state index in [1.54, 1.807) is 0 Å². The Kier molecular flexibility index (Phi) is 4.96. The predicted octanol–water partition coefficient (Wildman–Crippen LogP) is 2.96. The van der Waals surface area contributed by atoms with Crippen LogP contribution in [0.3, 0.4) is 0 Å². The van der Waals surface area contributed by atoms with E-state index in [1.807, 2.05) is 0 Å². The molecule has 0 spiro atoms. The van der Waals surface area contributed by atoms with E-state index in [2.05, 4.69) is 0 Å². The Balaban J connectivity index is 2.07. The molecule has 0 unspecified atom stereocenters. The van der Waals surface area contributed by atoms with Crippen LogP contribution in [0.1, 0.15) is 24.8 Å². The number of hydrogen-bond acceptors (Lipinski definition) is 2. The molecule has 0 bridgehead atoms. The van der Waals surface area contributed by atoms with Gasteiger partial charge in [-0.05, 0) is 31.1 Å². The lowest BCUT2D eigenvalue weighted by Crippen LogP contribution is -2.33. The van der Waals surface area contributed by atoms with Crippen LogP contribution in [0.4, 0.5) is 4.39 Å². The summed E-state index contributed by atoms with van der Waals surface area (Å²) in [4.78, 5) is 24.2. The fraction of sp³-hybridized carbons (Fsp3) is 0.333. The van der Waals surface area contributed by atoms with Crippen LogP contribution in [0.2, 0.25) is 5.02 Å². The van der Waals surface area contributed by atoms with Gasteiger partial charge in [0.1, 0.15) is 5.82 Å². The molecule has 0 aromatic heterocycles. The largest absolute Gasteiger partial charge is 0.481 e. The number of aliphatic carboxylic acids is 1. The van der Waals surface area contributed by atoms with Gasteiger partial charge in [0, 0.05) is 24.2 Å². The van der Waals surface area contributed by atoms with E-state index in [9.17, 15) is 14.0 Å². The molecular formula is C15H15ClFNO3. The number of benzene rings is 1. The van der Waals surface area contributed by atoms with Gasteiger partial charge in [0.25, 0.3) is 0 Å². The smallest absolute Gasteiger partial charge is 0.305 e. The third-order valence-corrected chi connectivity index (χ3v) is 3.56. The van der Waals surface area contributed by atoms with Crippen LogP contribution in [-0.4, -0.2) is 34.5 Å². The highest BCUT2D eigenvalue weighted by atomic mass is 35.5. The maximum Gasteiger partial charge on any atom is 0.305 e. The lowest BCUT2D eigenvalue weighted by molar-refractivity contribution is -0.138. The molecule has 112 valence electrons. The number of halogens is 2. The highest BCUT2D eigenvalue weighted by molar-refractivity contribution is 6.32. The van der Waals surface area contributed by atoms with Crippen molar-refractivity contribution in [2.75, 3.05) is 6.54 Å². The minimum absolute atomic E-state index is 0.0950. The lowest BCUT2D eigenvalue weighted by atomic mass is 10.2. The molecule has 1 fully saturated rings. The fourth-order valence-corrected chi connectivity index (χ4v) is 2.22. The predicted molar refractivity (Wildman–Crippen MR) is 77.4 cm³/mol. The second kappa shape index (κ2) is 6.72. The SMILES string of the molecule is O=C(O)CCN(C(=O)/C=C/c1c(F)cccc1Cl)C1CC1. The van der Waals surface area contributed by atoms with Gasteiger partial charge in [0.15, 0.2) is 0 Å². The number of amides is 1. The third kappa shape index (κ3) is 4.29. The van der Waals surface area contributed by atoms with Crippen molar-refractivity contribution in [2.24, 2.45) is 0 Å². The standard InChI is InChI=1S/C15H15ClFNO3/c16-12-2-1-3-13(17)11(12)6-7-14(19)18(10-4-5-10)9-8-15(20)21/h1-3,6-7,10H,4-5,8-9H2,(H,20,21)/b7-6+. The molecule has 1 saturated carbocycles. The minimum atomic E-state index is -0.949. The molecule has 21 heavy (non-hydrogen) atoms. The van der Waals surface area contributed by atoms with Crippen molar-refractivity contribution in [3.05, 3.63) is 40.7 Å². The van der Waals surface area contributed by atoms with Crippen LogP contribution < -0.4 is 0 Å². The van der Waals surface area contributed by atoms with Gasteiger partial charge in [0.05, 0.1) is 11.4 Å². The van der Waals surface area contributed by atoms with Crippen molar-refractivity contribution in [1.82, 2.24) is 4.90 Å². The van der Waals surface area contributed by atoms with Crippen molar-refractivity contribution in [3.63, 3.8) is 0 Å². The van der Waals surface area contributed by atoms with Gasteiger partial charge >= 0.3 is 5.97 Å². The Morgan fingerprint density at radius 3 is 2.71 bits per heavy atom. The molecule has 0 saturated heterocycles. The summed E-state index contributed by atoms with van der Waals surface area (Å²) in [6.07, 6.45) is 4.22. The number of carboxylic acids is 1. The van der Waals surface area contributed by atoms with Crippen molar-refractivity contribution in [1.29, 1.82) is 0 Å². The number of carbonyl (C=O) groups is 2. The number of hydrogen-bond donors (Lipinski definition) is 1. The van der Waals surface area contributed by atoms with Gasteiger partial charge in [0.2, 0.25) is 5.91 Å². The average Bonchev–Trinajstić information content (AvgIpc) is 3.22. The zero-order chi connectivity index (χ0) is 15.4. The Hall–Kier alpha value is -1.88. The lowest BCUT2D eigenvalue weighted by Gasteiger charge is -2.19. The summed E-state index contributed by atoms with van der Waals surface area (Å²) >= 11 is 5.88. The highest BCUT2D eigenvalue weighted by Crippen LogP contribution is 2.27. The molecule has 0 atom stereocenters. The zero-order valence-corrected chi connectivity index (χ0v) is 12.0. The summed E-state index contributed by atoms with van der Waals surface area (Å²) in [5.74, 6) is -1.78. The van der Waals surface area contributed by atoms with E-state index in [-0.39, 0.29) is 35.5 Å². The highest BCUT2D eigenvalue weighted by Gasteiger charge is 2.31. The molecular weight excluding hydrogens is 297 g/mol. The van der Waals surface area contributed by atoms with Crippen LogP contribution in [-0.2, 0) is 9.59 Å². The second-order valence-corrected chi connectivity index (χ2v) is 5.28. The average molecular weight is 312 g/mol. The minimum Gasteiger partial charge on any atom is -0.481 e. The summed E-state index contributed by atoms with van der Waals surface area (Å²) < 4.78 is 13.6. The van der Waals surface area contributed by atoms with E-state index >= 15 is 0 Å². The molecule has 0 heterocycles. The van der Waals surface area contributed by atoms with Crippen LogP contribution in [0.5, 0.6) is 0 Å². The Morgan fingerprint density at radius 1 is 1.43 bits per heavy atom. The Labute approximate surface area is 126 Å². The van der Waals surface area contributed by atoms with E-state index in [0.29, 0.717) is 0 Å². The monoisotopic (exact) mass is 311 g/mol. The summed E-state index contributed by atoms with van der Waals surface area (Å²) in [6.45, 7) is 0.161. The normalized spacial score (nSPS) is 14.4. The summed E-state index contributed by atoms with van der Waals surface area (Å²) in [7, 11) is 0. The molecule has 1 aliphatic rings. The summed E-state index contributed by atoms with van der Waals surface area (Å²) in [5, 5.41) is 8.93. The van der Waals surface area contributed by atoms with Gasteiger partial charge in [-0.15, -0.1) is 0 Å². The number of rotatable bonds is 6. The molecule has 1 aromatic rings. The van der Waals surface area contributed by atoms with Crippen LogP contribution >= 0.6 is 11.6 Å².